The van der Waals surface area contributed by atoms with Gasteiger partial charge < -0.3 is 8.98 Å². The van der Waals surface area contributed by atoms with Crippen LogP contribution in [0.25, 0.3) is 22.4 Å². The second kappa shape index (κ2) is 5.80. The second-order valence-electron chi connectivity index (χ2n) is 5.92. The summed E-state index contributed by atoms with van der Waals surface area (Å²) in [4.78, 5) is 8.86. The van der Waals surface area contributed by atoms with Crippen LogP contribution in [0.1, 0.15) is 17.0 Å². The number of halogens is 1. The number of aromatic nitrogens is 3. The van der Waals surface area contributed by atoms with Crippen LogP contribution in [-0.4, -0.2) is 14.5 Å². The smallest absolute Gasteiger partial charge is 0.214 e. The molecule has 24 heavy (non-hydrogen) atoms. The van der Waals surface area contributed by atoms with Gasteiger partial charge in [-0.1, -0.05) is 11.6 Å². The first-order valence-corrected chi connectivity index (χ1v) is 8.11. The van der Waals surface area contributed by atoms with Gasteiger partial charge in [0.1, 0.15) is 6.54 Å². The first-order chi connectivity index (χ1) is 11.6. The van der Waals surface area contributed by atoms with Crippen LogP contribution in [0.5, 0.6) is 0 Å². The number of rotatable bonds is 3. The Bertz CT molecular complexity index is 1010. The monoisotopic (exact) mass is 337 g/mol. The van der Waals surface area contributed by atoms with Crippen LogP contribution in [0.3, 0.4) is 0 Å². The number of aryl methyl sites for hydroxylation is 2. The highest BCUT2D eigenvalue weighted by atomic mass is 35.5. The number of nitrogens with zero attached hydrogens (tertiary/aromatic N) is 3. The molecule has 120 valence electrons. The SMILES string of the molecule is Cc1cc2ncn(Cc3ncc(-c4ccc(Cl)cc4)o3)c2cc1C. The van der Waals surface area contributed by atoms with E-state index in [1.807, 2.05) is 30.6 Å². The first kappa shape index (κ1) is 15.0. The van der Waals surface area contributed by atoms with Gasteiger partial charge in [-0.2, -0.15) is 0 Å². The average Bonchev–Trinajstić information content (AvgIpc) is 3.17. The highest BCUT2D eigenvalue weighted by molar-refractivity contribution is 6.30. The average molecular weight is 338 g/mol. The van der Waals surface area contributed by atoms with Crippen molar-refractivity contribution in [2.24, 2.45) is 0 Å². The van der Waals surface area contributed by atoms with E-state index in [0.717, 1.165) is 22.4 Å². The number of fused-ring (bicyclic) bond motifs is 1. The Balaban J connectivity index is 1.64. The molecule has 0 saturated carbocycles. The van der Waals surface area contributed by atoms with E-state index >= 15 is 0 Å². The first-order valence-electron chi connectivity index (χ1n) is 7.73. The lowest BCUT2D eigenvalue weighted by molar-refractivity contribution is 0.492. The molecule has 0 aliphatic heterocycles. The Morgan fingerprint density at radius 2 is 1.79 bits per heavy atom. The molecule has 2 aromatic carbocycles. The van der Waals surface area contributed by atoms with E-state index in [1.54, 1.807) is 6.20 Å². The Morgan fingerprint density at radius 1 is 1.04 bits per heavy atom. The molecule has 0 radical (unpaired) electrons. The number of benzene rings is 2. The van der Waals surface area contributed by atoms with E-state index in [2.05, 4.69) is 40.5 Å². The third kappa shape index (κ3) is 2.69. The molecule has 0 N–H and O–H groups in total. The fraction of sp³-hybridized carbons (Fsp3) is 0.158. The maximum atomic E-state index is 5.92. The summed E-state index contributed by atoms with van der Waals surface area (Å²) in [7, 11) is 0. The van der Waals surface area contributed by atoms with Crippen molar-refractivity contribution in [2.75, 3.05) is 0 Å². The minimum absolute atomic E-state index is 0.548. The van der Waals surface area contributed by atoms with Crippen molar-refractivity contribution < 1.29 is 4.42 Å². The van der Waals surface area contributed by atoms with E-state index in [4.69, 9.17) is 16.0 Å². The Labute approximate surface area is 144 Å². The van der Waals surface area contributed by atoms with Crippen molar-refractivity contribution in [1.29, 1.82) is 0 Å². The molecule has 2 aromatic heterocycles. The molecule has 5 heteroatoms. The predicted octanol–water partition coefficient (Wildman–Crippen LogP) is 5.01. The molecule has 0 aliphatic rings. The molecule has 4 nitrogen and oxygen atoms in total. The summed E-state index contributed by atoms with van der Waals surface area (Å²) >= 11 is 5.92. The molecule has 0 aliphatic carbocycles. The molecule has 0 spiro atoms. The quantitative estimate of drug-likeness (QED) is 0.528. The third-order valence-electron chi connectivity index (χ3n) is 4.22. The minimum atomic E-state index is 0.548. The van der Waals surface area contributed by atoms with Gasteiger partial charge in [0.15, 0.2) is 5.76 Å². The van der Waals surface area contributed by atoms with Gasteiger partial charge in [-0.05, 0) is 61.4 Å². The van der Waals surface area contributed by atoms with Crippen molar-refractivity contribution in [2.45, 2.75) is 20.4 Å². The van der Waals surface area contributed by atoms with Crippen LogP contribution in [0.4, 0.5) is 0 Å². The van der Waals surface area contributed by atoms with Gasteiger partial charge in [-0.3, -0.25) is 0 Å². The second-order valence-corrected chi connectivity index (χ2v) is 6.36. The lowest BCUT2D eigenvalue weighted by atomic mass is 10.1. The summed E-state index contributed by atoms with van der Waals surface area (Å²) in [5.74, 6) is 1.38. The van der Waals surface area contributed by atoms with Crippen molar-refractivity contribution in [3.8, 4) is 11.3 Å². The van der Waals surface area contributed by atoms with Crippen molar-refractivity contribution in [1.82, 2.24) is 14.5 Å². The van der Waals surface area contributed by atoms with Gasteiger partial charge in [0, 0.05) is 10.6 Å². The molecule has 0 saturated heterocycles. The molecule has 4 aromatic rings. The Morgan fingerprint density at radius 3 is 2.58 bits per heavy atom. The van der Waals surface area contributed by atoms with Crippen LogP contribution in [0, 0.1) is 13.8 Å². The summed E-state index contributed by atoms with van der Waals surface area (Å²) in [5, 5.41) is 0.703. The van der Waals surface area contributed by atoms with E-state index in [-0.39, 0.29) is 0 Å². The van der Waals surface area contributed by atoms with Gasteiger partial charge in [0.2, 0.25) is 5.89 Å². The van der Waals surface area contributed by atoms with Crippen LogP contribution >= 0.6 is 11.6 Å². The van der Waals surface area contributed by atoms with E-state index < -0.39 is 0 Å². The molecule has 2 heterocycles. The van der Waals surface area contributed by atoms with Crippen molar-refractivity contribution in [3.63, 3.8) is 0 Å². The maximum Gasteiger partial charge on any atom is 0.214 e. The lowest BCUT2D eigenvalue weighted by Crippen LogP contribution is -1.98. The standard InChI is InChI=1S/C19H16ClN3O/c1-12-7-16-17(8-13(12)2)23(11-22-16)10-19-21-9-18(24-19)14-3-5-15(20)6-4-14/h3-9,11H,10H2,1-2H3. The lowest BCUT2D eigenvalue weighted by Gasteiger charge is -2.04. The summed E-state index contributed by atoms with van der Waals surface area (Å²) in [6, 6.07) is 11.8. The molecular formula is C19H16ClN3O. The van der Waals surface area contributed by atoms with Gasteiger partial charge in [-0.15, -0.1) is 0 Å². The maximum absolute atomic E-state index is 5.92. The highest BCUT2D eigenvalue weighted by Crippen LogP contribution is 2.24. The molecule has 0 bridgehead atoms. The normalized spacial score (nSPS) is 11.3. The fourth-order valence-corrected chi connectivity index (χ4v) is 2.84. The summed E-state index contributed by atoms with van der Waals surface area (Å²) in [6.45, 7) is 4.75. The predicted molar refractivity (Wildman–Crippen MR) is 95.3 cm³/mol. The van der Waals surface area contributed by atoms with Crippen LogP contribution in [-0.2, 0) is 6.54 Å². The fourth-order valence-electron chi connectivity index (χ4n) is 2.72. The minimum Gasteiger partial charge on any atom is -0.439 e. The molecule has 0 atom stereocenters. The number of hydrogen-bond acceptors (Lipinski definition) is 3. The molecule has 4 rings (SSSR count). The molecular weight excluding hydrogens is 322 g/mol. The van der Waals surface area contributed by atoms with Gasteiger partial charge in [-0.25, -0.2) is 9.97 Å². The van der Waals surface area contributed by atoms with E-state index in [1.165, 1.54) is 11.1 Å². The molecule has 0 unspecified atom stereocenters. The van der Waals surface area contributed by atoms with Gasteiger partial charge in [0.05, 0.1) is 23.6 Å². The van der Waals surface area contributed by atoms with Gasteiger partial charge >= 0.3 is 0 Å². The van der Waals surface area contributed by atoms with Crippen LogP contribution in [0.15, 0.2) is 53.3 Å². The third-order valence-corrected chi connectivity index (χ3v) is 4.48. The van der Waals surface area contributed by atoms with Crippen LogP contribution < -0.4 is 0 Å². The molecule has 0 fully saturated rings. The largest absolute Gasteiger partial charge is 0.439 e. The van der Waals surface area contributed by atoms with E-state index in [9.17, 15) is 0 Å². The number of hydrogen-bond donors (Lipinski definition) is 0. The summed E-state index contributed by atoms with van der Waals surface area (Å²) in [6.07, 6.45) is 3.57. The highest BCUT2D eigenvalue weighted by Gasteiger charge is 2.10. The Kier molecular flexibility index (Phi) is 3.62. The Hall–Kier alpha value is -2.59. The van der Waals surface area contributed by atoms with Crippen LogP contribution in [0.2, 0.25) is 5.02 Å². The van der Waals surface area contributed by atoms with Crippen molar-refractivity contribution >= 4 is 22.6 Å². The zero-order valence-electron chi connectivity index (χ0n) is 13.5. The number of oxazole rings is 1. The van der Waals surface area contributed by atoms with Crippen molar-refractivity contribution in [3.05, 3.63) is 71.0 Å². The zero-order chi connectivity index (χ0) is 16.7. The number of imidazole rings is 1. The summed E-state index contributed by atoms with van der Waals surface area (Å²) < 4.78 is 7.94. The topological polar surface area (TPSA) is 43.9 Å². The molecule has 0 amide bonds. The summed E-state index contributed by atoms with van der Waals surface area (Å²) in [5.41, 5.74) is 5.53. The zero-order valence-corrected chi connectivity index (χ0v) is 14.2. The van der Waals surface area contributed by atoms with E-state index in [0.29, 0.717) is 17.5 Å². The van der Waals surface area contributed by atoms with Gasteiger partial charge in [0.25, 0.3) is 0 Å².